The van der Waals surface area contributed by atoms with E-state index in [2.05, 4.69) is 10.3 Å². The van der Waals surface area contributed by atoms with Crippen molar-refractivity contribution in [2.24, 2.45) is 5.92 Å². The molecule has 0 bridgehead atoms. The highest BCUT2D eigenvalue weighted by Crippen LogP contribution is 2.35. The van der Waals surface area contributed by atoms with Crippen molar-refractivity contribution in [3.63, 3.8) is 0 Å². The molecule has 0 spiro atoms. The largest absolute Gasteiger partial charge is 0.358 e. The predicted octanol–water partition coefficient (Wildman–Crippen LogP) is 4.10. The Morgan fingerprint density at radius 1 is 1.38 bits per heavy atom. The normalized spacial score (nSPS) is 18.0. The van der Waals surface area contributed by atoms with Crippen molar-refractivity contribution in [2.45, 2.75) is 39.2 Å². The quantitative estimate of drug-likeness (QED) is 0.858. The molecule has 2 aromatic rings. The lowest BCUT2D eigenvalue weighted by atomic mass is 9.91. The molecule has 1 unspecified atom stereocenters. The number of nitrogens with one attached hydrogen (secondary N) is 2. The standard InChI is InChI=1S/C16H18Cl2N2O/c1-8(2)16(21)19-10-3-4-13-11(7-10)15-12(18)5-9(17)6-14(15)20-13/h5-6,8,10,20H,3-4,7H2,1-2H3,(H,19,21). The first-order valence-corrected chi connectivity index (χ1v) is 8.00. The summed E-state index contributed by atoms with van der Waals surface area (Å²) in [7, 11) is 0. The van der Waals surface area contributed by atoms with Crippen molar-refractivity contribution in [1.29, 1.82) is 0 Å². The number of benzene rings is 1. The van der Waals surface area contributed by atoms with E-state index in [1.165, 1.54) is 11.3 Å². The molecule has 0 aliphatic heterocycles. The van der Waals surface area contributed by atoms with Crippen LogP contribution in [0.5, 0.6) is 0 Å². The average Bonchev–Trinajstić information content (AvgIpc) is 2.75. The highest BCUT2D eigenvalue weighted by Gasteiger charge is 2.25. The fourth-order valence-corrected chi connectivity index (χ4v) is 3.57. The van der Waals surface area contributed by atoms with Crippen LogP contribution < -0.4 is 5.32 Å². The average molecular weight is 325 g/mol. The van der Waals surface area contributed by atoms with Crippen molar-refractivity contribution in [1.82, 2.24) is 10.3 Å². The van der Waals surface area contributed by atoms with Crippen LogP contribution in [0.1, 0.15) is 31.5 Å². The molecule has 0 radical (unpaired) electrons. The lowest BCUT2D eigenvalue weighted by Gasteiger charge is -2.24. The van der Waals surface area contributed by atoms with E-state index >= 15 is 0 Å². The van der Waals surface area contributed by atoms with E-state index in [9.17, 15) is 4.79 Å². The molecule has 112 valence electrons. The number of carbonyl (C=O) groups excluding carboxylic acids is 1. The van der Waals surface area contributed by atoms with E-state index in [1.54, 1.807) is 6.07 Å². The molecule has 3 nitrogen and oxygen atoms in total. The van der Waals surface area contributed by atoms with Gasteiger partial charge in [-0.2, -0.15) is 0 Å². The van der Waals surface area contributed by atoms with Gasteiger partial charge in [-0.25, -0.2) is 0 Å². The summed E-state index contributed by atoms with van der Waals surface area (Å²) in [6.45, 7) is 3.82. The van der Waals surface area contributed by atoms with Crippen molar-refractivity contribution in [2.75, 3.05) is 0 Å². The van der Waals surface area contributed by atoms with Gasteiger partial charge in [-0.1, -0.05) is 37.0 Å². The van der Waals surface area contributed by atoms with Gasteiger partial charge in [-0.3, -0.25) is 4.79 Å². The van der Waals surface area contributed by atoms with Crippen molar-refractivity contribution >= 4 is 40.0 Å². The third-order valence-electron chi connectivity index (χ3n) is 4.07. The maximum absolute atomic E-state index is 11.9. The topological polar surface area (TPSA) is 44.9 Å². The van der Waals surface area contributed by atoms with Gasteiger partial charge in [0.15, 0.2) is 0 Å². The number of hydrogen-bond donors (Lipinski definition) is 2. The Kier molecular flexibility index (Phi) is 3.89. The number of aromatic amines is 1. The minimum atomic E-state index is 0.0109. The predicted molar refractivity (Wildman–Crippen MR) is 87.1 cm³/mol. The van der Waals surface area contributed by atoms with Gasteiger partial charge in [-0.15, -0.1) is 0 Å². The molecule has 0 saturated heterocycles. The van der Waals surface area contributed by atoms with E-state index in [-0.39, 0.29) is 17.9 Å². The number of carbonyl (C=O) groups is 1. The lowest BCUT2D eigenvalue weighted by molar-refractivity contribution is -0.124. The van der Waals surface area contributed by atoms with Gasteiger partial charge in [0, 0.05) is 33.6 Å². The molecule has 1 heterocycles. The Morgan fingerprint density at radius 3 is 2.86 bits per heavy atom. The monoisotopic (exact) mass is 324 g/mol. The lowest BCUT2D eigenvalue weighted by Crippen LogP contribution is -2.40. The number of fused-ring (bicyclic) bond motifs is 3. The summed E-state index contributed by atoms with van der Waals surface area (Å²) in [6.07, 6.45) is 2.68. The van der Waals surface area contributed by atoms with Crippen molar-refractivity contribution in [3.8, 4) is 0 Å². The molecular formula is C16H18Cl2N2O. The molecule has 1 aromatic carbocycles. The molecule has 21 heavy (non-hydrogen) atoms. The van der Waals surface area contributed by atoms with Crippen LogP contribution >= 0.6 is 23.2 Å². The second-order valence-corrected chi connectivity index (χ2v) is 6.84. The minimum absolute atomic E-state index is 0.0109. The van der Waals surface area contributed by atoms with Crippen LogP contribution in [0.2, 0.25) is 10.0 Å². The van der Waals surface area contributed by atoms with Gasteiger partial charge in [0.05, 0.1) is 5.02 Å². The molecule has 1 aliphatic carbocycles. The number of aromatic nitrogens is 1. The maximum Gasteiger partial charge on any atom is 0.222 e. The number of halogens is 2. The number of aryl methyl sites for hydroxylation is 1. The summed E-state index contributed by atoms with van der Waals surface area (Å²) in [5, 5.41) is 5.47. The number of amides is 1. The Morgan fingerprint density at radius 2 is 2.14 bits per heavy atom. The Balaban J connectivity index is 1.93. The second kappa shape index (κ2) is 5.54. The van der Waals surface area contributed by atoms with Gasteiger partial charge in [0.2, 0.25) is 5.91 Å². The molecule has 3 rings (SSSR count). The molecular weight excluding hydrogens is 307 g/mol. The summed E-state index contributed by atoms with van der Waals surface area (Å²) in [4.78, 5) is 15.3. The zero-order valence-electron chi connectivity index (χ0n) is 12.1. The first-order chi connectivity index (χ1) is 9.95. The van der Waals surface area contributed by atoms with Crippen LogP contribution in [0.15, 0.2) is 12.1 Å². The first kappa shape index (κ1) is 14.7. The van der Waals surface area contributed by atoms with Crippen molar-refractivity contribution < 1.29 is 4.79 Å². The van der Waals surface area contributed by atoms with Gasteiger partial charge < -0.3 is 10.3 Å². The van der Waals surface area contributed by atoms with E-state index in [4.69, 9.17) is 23.2 Å². The SMILES string of the molecule is CC(C)C(=O)NC1CCc2[nH]c3cc(Cl)cc(Cl)c3c2C1. The van der Waals surface area contributed by atoms with Crippen LogP contribution in [0, 0.1) is 5.92 Å². The Bertz CT molecular complexity index is 706. The molecule has 5 heteroatoms. The van der Waals surface area contributed by atoms with E-state index < -0.39 is 0 Å². The van der Waals surface area contributed by atoms with Gasteiger partial charge in [0.25, 0.3) is 0 Å². The molecule has 1 amide bonds. The van der Waals surface area contributed by atoms with Crippen LogP contribution in [-0.4, -0.2) is 16.9 Å². The fourth-order valence-electron chi connectivity index (χ4n) is 2.96. The maximum atomic E-state index is 11.9. The zero-order chi connectivity index (χ0) is 15.1. The summed E-state index contributed by atoms with van der Waals surface area (Å²) < 4.78 is 0. The second-order valence-electron chi connectivity index (χ2n) is 6.00. The first-order valence-electron chi connectivity index (χ1n) is 7.24. The third kappa shape index (κ3) is 2.77. The van der Waals surface area contributed by atoms with Gasteiger partial charge in [-0.05, 0) is 37.0 Å². The van der Waals surface area contributed by atoms with Crippen LogP contribution in [0.4, 0.5) is 0 Å². The zero-order valence-corrected chi connectivity index (χ0v) is 13.6. The minimum Gasteiger partial charge on any atom is -0.358 e. The van der Waals surface area contributed by atoms with Gasteiger partial charge in [0.1, 0.15) is 0 Å². The highest BCUT2D eigenvalue weighted by atomic mass is 35.5. The summed E-state index contributed by atoms with van der Waals surface area (Å²) >= 11 is 12.4. The van der Waals surface area contributed by atoms with Gasteiger partial charge >= 0.3 is 0 Å². The number of rotatable bonds is 2. The fraction of sp³-hybridized carbons (Fsp3) is 0.438. The molecule has 1 aromatic heterocycles. The highest BCUT2D eigenvalue weighted by molar-refractivity contribution is 6.38. The Hall–Kier alpha value is -1.19. The van der Waals surface area contributed by atoms with E-state index in [1.807, 2.05) is 19.9 Å². The smallest absolute Gasteiger partial charge is 0.222 e. The Labute approximate surface area is 134 Å². The third-order valence-corrected chi connectivity index (χ3v) is 4.59. The molecule has 1 aliphatic rings. The molecule has 2 N–H and O–H groups in total. The van der Waals surface area contributed by atoms with Crippen LogP contribution in [0.25, 0.3) is 10.9 Å². The van der Waals surface area contributed by atoms with Crippen LogP contribution in [0.3, 0.4) is 0 Å². The van der Waals surface area contributed by atoms with E-state index in [0.717, 1.165) is 30.2 Å². The van der Waals surface area contributed by atoms with Crippen molar-refractivity contribution in [3.05, 3.63) is 33.4 Å². The van der Waals surface area contributed by atoms with Crippen LogP contribution in [-0.2, 0) is 17.6 Å². The number of H-pyrrole nitrogens is 1. The number of hydrogen-bond acceptors (Lipinski definition) is 1. The molecule has 0 fully saturated rings. The summed E-state index contributed by atoms with van der Waals surface area (Å²) in [5.74, 6) is 0.120. The summed E-state index contributed by atoms with van der Waals surface area (Å²) in [6, 6.07) is 3.86. The summed E-state index contributed by atoms with van der Waals surface area (Å²) in [5.41, 5.74) is 3.41. The molecule has 1 atom stereocenters. The van der Waals surface area contributed by atoms with E-state index in [0.29, 0.717) is 10.0 Å². The molecule has 0 saturated carbocycles.